The van der Waals surface area contributed by atoms with E-state index in [-0.39, 0.29) is 6.04 Å². The van der Waals surface area contributed by atoms with Crippen molar-refractivity contribution in [2.75, 3.05) is 5.32 Å². The summed E-state index contributed by atoms with van der Waals surface area (Å²) in [6.45, 7) is 3.91. The third kappa shape index (κ3) is 4.62. The van der Waals surface area contributed by atoms with E-state index >= 15 is 0 Å². The van der Waals surface area contributed by atoms with Crippen molar-refractivity contribution in [3.05, 3.63) is 114 Å². The molecule has 0 spiro atoms. The van der Waals surface area contributed by atoms with Crippen LogP contribution in [0.4, 0.5) is 5.69 Å². The summed E-state index contributed by atoms with van der Waals surface area (Å²) in [6, 6.07) is 28.8. The molecule has 3 rings (SSSR count). The molecule has 1 heteroatoms. The molecular weight excluding hydrogens is 302 g/mol. The molecule has 1 nitrogen and oxygen atoms in total. The van der Waals surface area contributed by atoms with Gasteiger partial charge in [-0.25, -0.2) is 0 Å². The van der Waals surface area contributed by atoms with Gasteiger partial charge in [-0.15, -0.1) is 6.58 Å². The fourth-order valence-corrected chi connectivity index (χ4v) is 2.74. The van der Waals surface area contributed by atoms with Gasteiger partial charge in [-0.05, 0) is 42.3 Å². The molecule has 0 bridgehead atoms. The molecule has 1 unspecified atom stereocenters. The highest BCUT2D eigenvalue weighted by Crippen LogP contribution is 2.25. The molecule has 0 saturated carbocycles. The van der Waals surface area contributed by atoms with E-state index in [1.54, 1.807) is 0 Å². The SMILES string of the molecule is C=CCC(Nc1ccccc1)c1ccccc1C#Cc1ccccc1. The number of hydrogen-bond acceptors (Lipinski definition) is 1. The van der Waals surface area contributed by atoms with Gasteiger partial charge in [0.2, 0.25) is 0 Å². The van der Waals surface area contributed by atoms with E-state index in [1.807, 2.05) is 60.7 Å². The monoisotopic (exact) mass is 323 g/mol. The van der Waals surface area contributed by atoms with Gasteiger partial charge in [-0.2, -0.15) is 0 Å². The van der Waals surface area contributed by atoms with Crippen LogP contribution in [0.25, 0.3) is 0 Å². The second kappa shape index (κ2) is 8.57. The van der Waals surface area contributed by atoms with E-state index in [9.17, 15) is 0 Å². The van der Waals surface area contributed by atoms with Gasteiger partial charge in [0.1, 0.15) is 0 Å². The van der Waals surface area contributed by atoms with E-state index in [4.69, 9.17) is 0 Å². The predicted octanol–water partition coefficient (Wildman–Crippen LogP) is 5.82. The Labute approximate surface area is 150 Å². The van der Waals surface area contributed by atoms with Crippen LogP contribution in [-0.4, -0.2) is 0 Å². The van der Waals surface area contributed by atoms with Crippen LogP contribution in [0.1, 0.15) is 29.2 Å². The maximum Gasteiger partial charge on any atom is 0.0560 e. The van der Waals surface area contributed by atoms with Crippen LogP contribution in [0.3, 0.4) is 0 Å². The van der Waals surface area contributed by atoms with Gasteiger partial charge >= 0.3 is 0 Å². The molecule has 0 saturated heterocycles. The summed E-state index contributed by atoms with van der Waals surface area (Å²) < 4.78 is 0. The fraction of sp³-hybridized carbons (Fsp3) is 0.0833. The second-order valence-electron chi connectivity index (χ2n) is 5.79. The molecule has 0 radical (unpaired) electrons. The minimum atomic E-state index is 0.140. The van der Waals surface area contributed by atoms with Gasteiger partial charge in [0, 0.05) is 16.8 Å². The van der Waals surface area contributed by atoms with Crippen LogP contribution >= 0.6 is 0 Å². The molecule has 3 aromatic carbocycles. The highest BCUT2D eigenvalue weighted by atomic mass is 14.9. The van der Waals surface area contributed by atoms with Gasteiger partial charge in [0.05, 0.1) is 6.04 Å². The minimum Gasteiger partial charge on any atom is -0.378 e. The first kappa shape index (κ1) is 16.6. The van der Waals surface area contributed by atoms with Crippen molar-refractivity contribution < 1.29 is 0 Å². The zero-order chi connectivity index (χ0) is 17.3. The molecule has 0 aliphatic heterocycles. The van der Waals surface area contributed by atoms with Crippen LogP contribution in [0.15, 0.2) is 97.6 Å². The molecule has 0 aliphatic carbocycles. The molecule has 0 aliphatic rings. The summed E-state index contributed by atoms with van der Waals surface area (Å²) in [6.07, 6.45) is 2.78. The number of nitrogens with one attached hydrogen (secondary N) is 1. The van der Waals surface area contributed by atoms with E-state index in [1.165, 1.54) is 5.56 Å². The Balaban J connectivity index is 1.92. The summed E-state index contributed by atoms with van der Waals surface area (Å²) in [7, 11) is 0. The van der Waals surface area contributed by atoms with E-state index in [2.05, 4.69) is 54.1 Å². The van der Waals surface area contributed by atoms with Crippen LogP contribution in [0.5, 0.6) is 0 Å². The molecule has 0 heterocycles. The normalized spacial score (nSPS) is 11.0. The molecule has 0 amide bonds. The summed E-state index contributed by atoms with van der Waals surface area (Å²) in [5.41, 5.74) is 4.35. The lowest BCUT2D eigenvalue weighted by Gasteiger charge is -2.20. The summed E-state index contributed by atoms with van der Waals surface area (Å²) in [4.78, 5) is 0. The quantitative estimate of drug-likeness (QED) is 0.461. The van der Waals surface area contributed by atoms with E-state index in [0.29, 0.717) is 0 Å². The zero-order valence-electron chi connectivity index (χ0n) is 14.2. The molecule has 122 valence electrons. The third-order valence-corrected chi connectivity index (χ3v) is 3.97. The van der Waals surface area contributed by atoms with Crippen molar-refractivity contribution in [2.24, 2.45) is 0 Å². The van der Waals surface area contributed by atoms with Gasteiger partial charge in [-0.3, -0.25) is 0 Å². The lowest BCUT2D eigenvalue weighted by Crippen LogP contribution is -2.11. The van der Waals surface area contributed by atoms with E-state index in [0.717, 1.165) is 23.2 Å². The highest BCUT2D eigenvalue weighted by molar-refractivity contribution is 5.51. The Bertz CT molecular complexity index is 870. The maximum absolute atomic E-state index is 3.91. The number of para-hydroxylation sites is 1. The van der Waals surface area contributed by atoms with Crippen molar-refractivity contribution >= 4 is 5.69 Å². The highest BCUT2D eigenvalue weighted by Gasteiger charge is 2.12. The first-order chi connectivity index (χ1) is 12.4. The summed E-state index contributed by atoms with van der Waals surface area (Å²) >= 11 is 0. The van der Waals surface area contributed by atoms with Crippen molar-refractivity contribution in [1.29, 1.82) is 0 Å². The number of benzene rings is 3. The molecule has 3 aromatic rings. The molecule has 0 fully saturated rings. The molecule has 25 heavy (non-hydrogen) atoms. The topological polar surface area (TPSA) is 12.0 Å². The van der Waals surface area contributed by atoms with Gasteiger partial charge in [0.15, 0.2) is 0 Å². The average Bonchev–Trinajstić information content (AvgIpc) is 2.68. The third-order valence-electron chi connectivity index (χ3n) is 3.97. The Morgan fingerprint density at radius 1 is 0.800 bits per heavy atom. The Morgan fingerprint density at radius 2 is 1.44 bits per heavy atom. The van der Waals surface area contributed by atoms with Crippen LogP contribution in [0, 0.1) is 11.8 Å². The predicted molar refractivity (Wildman–Crippen MR) is 106 cm³/mol. The van der Waals surface area contributed by atoms with Crippen molar-refractivity contribution in [2.45, 2.75) is 12.5 Å². The number of anilines is 1. The fourth-order valence-electron chi connectivity index (χ4n) is 2.74. The summed E-state index contributed by atoms with van der Waals surface area (Å²) in [5.74, 6) is 6.59. The Hall–Kier alpha value is -3.24. The number of rotatable bonds is 5. The van der Waals surface area contributed by atoms with Crippen molar-refractivity contribution in [3.63, 3.8) is 0 Å². The summed E-state index contributed by atoms with van der Waals surface area (Å²) in [5, 5.41) is 3.60. The number of hydrogen-bond donors (Lipinski definition) is 1. The smallest absolute Gasteiger partial charge is 0.0560 e. The van der Waals surface area contributed by atoms with Crippen LogP contribution < -0.4 is 5.32 Å². The first-order valence-electron chi connectivity index (χ1n) is 8.45. The molecular formula is C24H21N. The maximum atomic E-state index is 3.91. The van der Waals surface area contributed by atoms with Gasteiger partial charge in [-0.1, -0.05) is 72.5 Å². The lowest BCUT2D eigenvalue weighted by molar-refractivity contribution is 0.796. The Kier molecular flexibility index (Phi) is 5.69. The Morgan fingerprint density at radius 3 is 2.16 bits per heavy atom. The van der Waals surface area contributed by atoms with Crippen LogP contribution in [-0.2, 0) is 0 Å². The first-order valence-corrected chi connectivity index (χ1v) is 8.45. The van der Waals surface area contributed by atoms with Crippen molar-refractivity contribution in [3.8, 4) is 11.8 Å². The standard InChI is InChI=1S/C24H21N/c1-2-11-24(25-22-15-7-4-8-16-22)23-17-10-9-14-21(23)19-18-20-12-5-3-6-13-20/h2-10,12-17,24-25H,1,11H2. The average molecular weight is 323 g/mol. The van der Waals surface area contributed by atoms with Crippen molar-refractivity contribution in [1.82, 2.24) is 0 Å². The second-order valence-corrected chi connectivity index (χ2v) is 5.79. The minimum absolute atomic E-state index is 0.140. The van der Waals surface area contributed by atoms with Gasteiger partial charge < -0.3 is 5.32 Å². The molecule has 0 aromatic heterocycles. The molecule has 1 N–H and O–H groups in total. The molecule has 1 atom stereocenters. The lowest BCUT2D eigenvalue weighted by atomic mass is 9.97. The largest absolute Gasteiger partial charge is 0.378 e. The van der Waals surface area contributed by atoms with Crippen LogP contribution in [0.2, 0.25) is 0 Å². The van der Waals surface area contributed by atoms with Gasteiger partial charge in [0.25, 0.3) is 0 Å². The van der Waals surface area contributed by atoms with E-state index < -0.39 is 0 Å². The zero-order valence-corrected chi connectivity index (χ0v) is 14.2.